The van der Waals surface area contributed by atoms with Crippen LogP contribution in [0.25, 0.3) is 0 Å². The second kappa shape index (κ2) is 7.08. The summed E-state index contributed by atoms with van der Waals surface area (Å²) in [7, 11) is 0. The van der Waals surface area contributed by atoms with E-state index in [-0.39, 0.29) is 17.8 Å². The number of anilines is 1. The first-order valence-corrected chi connectivity index (χ1v) is 7.03. The van der Waals surface area contributed by atoms with E-state index >= 15 is 0 Å². The molecule has 0 saturated carbocycles. The first-order valence-electron chi connectivity index (χ1n) is 6.65. The third-order valence-corrected chi connectivity index (χ3v) is 3.56. The van der Waals surface area contributed by atoms with Crippen molar-refractivity contribution in [3.63, 3.8) is 0 Å². The fourth-order valence-electron chi connectivity index (χ4n) is 2.09. The molecule has 0 saturated heterocycles. The molecule has 0 aromatic heterocycles. The average molecular weight is 336 g/mol. The Morgan fingerprint density at radius 1 is 1.30 bits per heavy atom. The van der Waals surface area contributed by atoms with E-state index in [4.69, 9.17) is 17.3 Å². The Balaban J connectivity index is 2.15. The van der Waals surface area contributed by atoms with Crippen LogP contribution >= 0.6 is 11.6 Å². The van der Waals surface area contributed by atoms with Crippen LogP contribution in [-0.4, -0.2) is 22.5 Å². The maximum absolute atomic E-state index is 12.2. The molecule has 0 aliphatic carbocycles. The van der Waals surface area contributed by atoms with Gasteiger partial charge in [0.2, 0.25) is 0 Å². The van der Waals surface area contributed by atoms with Gasteiger partial charge in [-0.3, -0.25) is 14.9 Å². The van der Waals surface area contributed by atoms with E-state index in [0.717, 1.165) is 0 Å². The molecular weight excluding hydrogens is 322 g/mol. The van der Waals surface area contributed by atoms with E-state index < -0.39 is 22.6 Å². The molecule has 0 aliphatic rings. The molecule has 1 amide bonds. The quantitative estimate of drug-likeness (QED) is 0.440. The molecule has 1 unspecified atom stereocenters. The van der Waals surface area contributed by atoms with Gasteiger partial charge >= 0.3 is 0 Å². The van der Waals surface area contributed by atoms with Crippen LogP contribution in [0.2, 0.25) is 5.02 Å². The fourth-order valence-corrected chi connectivity index (χ4v) is 2.35. The summed E-state index contributed by atoms with van der Waals surface area (Å²) in [5, 5.41) is 23.9. The van der Waals surface area contributed by atoms with Crippen LogP contribution in [0.1, 0.15) is 22.0 Å². The Labute approximate surface area is 136 Å². The minimum Gasteiger partial charge on any atom is -0.398 e. The molecule has 8 heteroatoms. The van der Waals surface area contributed by atoms with Crippen molar-refractivity contribution < 1.29 is 14.8 Å². The summed E-state index contributed by atoms with van der Waals surface area (Å²) in [5.74, 6) is -0.735. The van der Waals surface area contributed by atoms with Gasteiger partial charge in [0.1, 0.15) is 5.56 Å². The fraction of sp³-hybridized carbons (Fsp3) is 0.133. The summed E-state index contributed by atoms with van der Waals surface area (Å²) < 4.78 is 0. The number of nitrogens with zero attached hydrogens (tertiary/aromatic N) is 1. The largest absolute Gasteiger partial charge is 0.398 e. The summed E-state index contributed by atoms with van der Waals surface area (Å²) in [6, 6.07) is 10.6. The summed E-state index contributed by atoms with van der Waals surface area (Å²) in [5.41, 5.74) is 5.47. The zero-order valence-corrected chi connectivity index (χ0v) is 12.7. The van der Waals surface area contributed by atoms with Gasteiger partial charge in [-0.1, -0.05) is 35.9 Å². The predicted octanol–water partition coefficient (Wildman–Crippen LogP) is 2.29. The summed E-state index contributed by atoms with van der Waals surface area (Å²) in [6.45, 7) is -0.159. The van der Waals surface area contributed by atoms with E-state index in [0.29, 0.717) is 10.6 Å². The van der Waals surface area contributed by atoms with Crippen molar-refractivity contribution in [3.8, 4) is 0 Å². The number of hydrogen-bond donors (Lipinski definition) is 3. The van der Waals surface area contributed by atoms with Crippen molar-refractivity contribution >= 4 is 28.9 Å². The molecule has 23 heavy (non-hydrogen) atoms. The highest BCUT2D eigenvalue weighted by Crippen LogP contribution is 2.25. The summed E-state index contributed by atoms with van der Waals surface area (Å²) in [4.78, 5) is 22.5. The van der Waals surface area contributed by atoms with Crippen LogP contribution < -0.4 is 11.1 Å². The normalized spacial score (nSPS) is 11.7. The van der Waals surface area contributed by atoms with Crippen molar-refractivity contribution in [2.45, 2.75) is 6.10 Å². The third-order valence-electron chi connectivity index (χ3n) is 3.22. The number of aliphatic hydroxyl groups excluding tert-OH is 1. The van der Waals surface area contributed by atoms with Crippen LogP contribution in [0.3, 0.4) is 0 Å². The molecular formula is C15H14ClN3O4. The van der Waals surface area contributed by atoms with E-state index in [2.05, 4.69) is 5.32 Å². The van der Waals surface area contributed by atoms with Gasteiger partial charge < -0.3 is 16.2 Å². The lowest BCUT2D eigenvalue weighted by Gasteiger charge is -2.14. The molecule has 1 atom stereocenters. The van der Waals surface area contributed by atoms with Gasteiger partial charge in [0.05, 0.1) is 16.7 Å². The number of nitrogens with two attached hydrogens (primary N) is 1. The molecule has 0 heterocycles. The Kier molecular flexibility index (Phi) is 5.15. The number of benzene rings is 2. The topological polar surface area (TPSA) is 118 Å². The number of carbonyl (C=O) groups excluding carboxylic acids is 1. The van der Waals surface area contributed by atoms with E-state index in [1.807, 2.05) is 0 Å². The Hall–Kier alpha value is -2.64. The second-order valence-electron chi connectivity index (χ2n) is 4.75. The van der Waals surface area contributed by atoms with E-state index in [1.165, 1.54) is 18.2 Å². The van der Waals surface area contributed by atoms with Gasteiger partial charge in [-0.25, -0.2) is 0 Å². The average Bonchev–Trinajstić information content (AvgIpc) is 2.52. The molecule has 2 aromatic rings. The van der Waals surface area contributed by atoms with Crippen molar-refractivity contribution in [1.82, 2.24) is 5.32 Å². The molecule has 2 rings (SSSR count). The van der Waals surface area contributed by atoms with Gasteiger partial charge in [0.15, 0.2) is 0 Å². The number of rotatable bonds is 5. The third kappa shape index (κ3) is 3.77. The van der Waals surface area contributed by atoms with Gasteiger partial charge in [-0.2, -0.15) is 0 Å². The highest BCUT2D eigenvalue weighted by Gasteiger charge is 2.23. The number of nitrogens with one attached hydrogen (secondary N) is 1. The zero-order chi connectivity index (χ0) is 17.0. The number of nitrogen functional groups attached to an aromatic ring is 1. The SMILES string of the molecule is Nc1cccc([N+](=O)[O-])c1C(=O)NCC(O)c1ccccc1Cl. The minimum absolute atomic E-state index is 0.0102. The van der Waals surface area contributed by atoms with Crippen molar-refractivity contribution in [2.24, 2.45) is 0 Å². The molecule has 0 aliphatic heterocycles. The van der Waals surface area contributed by atoms with Crippen LogP contribution in [0.5, 0.6) is 0 Å². The highest BCUT2D eigenvalue weighted by molar-refractivity contribution is 6.31. The molecule has 4 N–H and O–H groups in total. The number of carbonyl (C=O) groups is 1. The Bertz CT molecular complexity index is 751. The molecule has 120 valence electrons. The maximum Gasteiger partial charge on any atom is 0.284 e. The van der Waals surface area contributed by atoms with Crippen molar-refractivity contribution in [2.75, 3.05) is 12.3 Å². The molecule has 7 nitrogen and oxygen atoms in total. The minimum atomic E-state index is -1.04. The smallest absolute Gasteiger partial charge is 0.284 e. The highest BCUT2D eigenvalue weighted by atomic mass is 35.5. The Morgan fingerprint density at radius 2 is 2.00 bits per heavy atom. The van der Waals surface area contributed by atoms with Crippen LogP contribution in [0, 0.1) is 10.1 Å². The Morgan fingerprint density at radius 3 is 2.65 bits per heavy atom. The monoisotopic (exact) mass is 335 g/mol. The zero-order valence-electron chi connectivity index (χ0n) is 11.9. The van der Waals surface area contributed by atoms with Crippen molar-refractivity contribution in [1.29, 1.82) is 0 Å². The molecule has 0 radical (unpaired) electrons. The van der Waals surface area contributed by atoms with Crippen LogP contribution in [-0.2, 0) is 0 Å². The van der Waals surface area contributed by atoms with Gasteiger partial charge in [0, 0.05) is 23.2 Å². The second-order valence-corrected chi connectivity index (χ2v) is 5.15. The van der Waals surface area contributed by atoms with Crippen molar-refractivity contribution in [3.05, 3.63) is 68.7 Å². The number of amides is 1. The first-order chi connectivity index (χ1) is 10.9. The number of nitro groups is 1. The van der Waals surface area contributed by atoms with Crippen LogP contribution in [0.15, 0.2) is 42.5 Å². The molecule has 0 spiro atoms. The lowest BCUT2D eigenvalue weighted by molar-refractivity contribution is -0.385. The van der Waals surface area contributed by atoms with E-state index in [9.17, 15) is 20.0 Å². The predicted molar refractivity (Wildman–Crippen MR) is 86.3 cm³/mol. The lowest BCUT2D eigenvalue weighted by Crippen LogP contribution is -2.29. The standard InChI is InChI=1S/C15H14ClN3O4/c16-10-5-2-1-4-9(10)13(20)8-18-15(21)14-11(17)6-3-7-12(14)19(22)23/h1-7,13,20H,8,17H2,(H,18,21). The number of aliphatic hydroxyl groups is 1. The first kappa shape index (κ1) is 16.7. The number of hydrogen-bond acceptors (Lipinski definition) is 5. The number of nitro benzene ring substituents is 1. The summed E-state index contributed by atoms with van der Waals surface area (Å²) >= 11 is 5.96. The lowest BCUT2D eigenvalue weighted by atomic mass is 10.1. The van der Waals surface area contributed by atoms with Gasteiger partial charge in [-0.05, 0) is 12.1 Å². The number of halogens is 1. The molecule has 2 aromatic carbocycles. The van der Waals surface area contributed by atoms with Gasteiger partial charge in [0.25, 0.3) is 11.6 Å². The maximum atomic E-state index is 12.2. The van der Waals surface area contributed by atoms with E-state index in [1.54, 1.807) is 24.3 Å². The van der Waals surface area contributed by atoms with Gasteiger partial charge in [-0.15, -0.1) is 0 Å². The summed E-state index contributed by atoms with van der Waals surface area (Å²) in [6.07, 6.45) is -1.04. The molecule has 0 fully saturated rings. The van der Waals surface area contributed by atoms with Crippen LogP contribution in [0.4, 0.5) is 11.4 Å². The molecule has 0 bridgehead atoms.